The van der Waals surface area contributed by atoms with E-state index in [-0.39, 0.29) is 28.2 Å². The van der Waals surface area contributed by atoms with Crippen molar-refractivity contribution in [2.24, 2.45) is 5.92 Å². The number of anilines is 1. The predicted molar refractivity (Wildman–Crippen MR) is 137 cm³/mol. The molecular formula is C26H34N4O5S. The van der Waals surface area contributed by atoms with Gasteiger partial charge in [0.25, 0.3) is 5.91 Å². The van der Waals surface area contributed by atoms with Gasteiger partial charge in [0, 0.05) is 57.7 Å². The maximum Gasteiger partial charge on any atom is 0.255 e. The zero-order valence-electron chi connectivity index (χ0n) is 21.5. The van der Waals surface area contributed by atoms with E-state index < -0.39 is 15.8 Å². The van der Waals surface area contributed by atoms with E-state index in [0.29, 0.717) is 44.9 Å². The largest absolute Gasteiger partial charge is 0.384 e. The second-order valence-electron chi connectivity index (χ2n) is 9.78. The van der Waals surface area contributed by atoms with E-state index in [0.717, 1.165) is 28.9 Å². The van der Waals surface area contributed by atoms with Gasteiger partial charge in [0.2, 0.25) is 5.91 Å². The maximum atomic E-state index is 13.5. The first-order chi connectivity index (χ1) is 17.0. The zero-order valence-corrected chi connectivity index (χ0v) is 22.3. The Balaban J connectivity index is 1.57. The molecular weight excluding hydrogens is 480 g/mol. The molecule has 2 atom stereocenters. The van der Waals surface area contributed by atoms with E-state index >= 15 is 0 Å². The fourth-order valence-electron chi connectivity index (χ4n) is 5.12. The molecule has 2 saturated heterocycles. The molecule has 1 N–H and O–H groups in total. The second kappa shape index (κ2) is 10.2. The molecule has 9 nitrogen and oxygen atoms in total. The number of rotatable bonds is 6. The summed E-state index contributed by atoms with van der Waals surface area (Å²) in [6.45, 7) is 9.03. The summed E-state index contributed by atoms with van der Waals surface area (Å²) >= 11 is 0. The molecule has 36 heavy (non-hydrogen) atoms. The smallest absolute Gasteiger partial charge is 0.255 e. The van der Waals surface area contributed by atoms with Gasteiger partial charge in [-0.3, -0.25) is 9.59 Å². The number of aromatic nitrogens is 1. The first-order valence-electron chi connectivity index (χ1n) is 12.1. The number of methoxy groups -OCH3 is 1. The average Bonchev–Trinajstić information content (AvgIpc) is 3.20. The van der Waals surface area contributed by atoms with Crippen molar-refractivity contribution in [3.63, 3.8) is 0 Å². The molecule has 2 amide bonds. The van der Waals surface area contributed by atoms with E-state index in [1.807, 2.05) is 20.8 Å². The third-order valence-electron chi connectivity index (χ3n) is 7.16. The van der Waals surface area contributed by atoms with Crippen LogP contribution in [0.3, 0.4) is 0 Å². The van der Waals surface area contributed by atoms with Crippen molar-refractivity contribution in [2.75, 3.05) is 57.6 Å². The average molecular weight is 515 g/mol. The van der Waals surface area contributed by atoms with Gasteiger partial charge in [-0.25, -0.2) is 13.4 Å². The summed E-state index contributed by atoms with van der Waals surface area (Å²) in [6, 6.07) is 6.85. The van der Waals surface area contributed by atoms with Gasteiger partial charge < -0.3 is 19.9 Å². The number of carbonyl (C=O) groups is 2. The molecule has 2 fully saturated rings. The summed E-state index contributed by atoms with van der Waals surface area (Å²) < 4.78 is 30.7. The minimum Gasteiger partial charge on any atom is -0.384 e. The van der Waals surface area contributed by atoms with Gasteiger partial charge in [0.1, 0.15) is 5.82 Å². The highest BCUT2D eigenvalue weighted by Gasteiger charge is 2.37. The summed E-state index contributed by atoms with van der Waals surface area (Å²) in [7, 11) is -2.15. The highest BCUT2D eigenvalue weighted by atomic mass is 32.2. The topological polar surface area (TPSA) is 109 Å². The standard InChI is InChI=1S/C26H34N4O5S/c1-16-12-17(2)24(28-18(16)3)29-8-10-30(11-9-29)26(32)21-7-6-19(13-22(21)36(5,33)34)23-20(15-35-4)14-27-25(23)31/h6-7,12-13,20,23H,8-11,14-15H2,1-5H3,(H,27,31)/t20?,23-/m0/s1. The van der Waals surface area contributed by atoms with Crippen LogP contribution in [0.15, 0.2) is 29.2 Å². The summed E-state index contributed by atoms with van der Waals surface area (Å²) in [6.07, 6.45) is 1.09. The summed E-state index contributed by atoms with van der Waals surface area (Å²) in [4.78, 5) is 34.5. The van der Waals surface area contributed by atoms with E-state index in [9.17, 15) is 18.0 Å². The number of nitrogens with zero attached hydrogens (tertiary/aromatic N) is 3. The van der Waals surface area contributed by atoms with Gasteiger partial charge in [-0.05, 0) is 49.6 Å². The molecule has 1 aromatic carbocycles. The molecule has 0 saturated carbocycles. The number of pyridine rings is 1. The Morgan fingerprint density at radius 2 is 1.81 bits per heavy atom. The fraction of sp³-hybridized carbons (Fsp3) is 0.500. The van der Waals surface area contributed by atoms with Gasteiger partial charge in [0.05, 0.1) is 23.0 Å². The fourth-order valence-corrected chi connectivity index (χ4v) is 6.03. The number of amides is 2. The third-order valence-corrected chi connectivity index (χ3v) is 8.30. The van der Waals surface area contributed by atoms with Crippen LogP contribution in [0.4, 0.5) is 5.82 Å². The molecule has 1 unspecified atom stereocenters. The maximum absolute atomic E-state index is 13.5. The number of nitrogens with one attached hydrogen (secondary N) is 1. The monoisotopic (exact) mass is 514 g/mol. The van der Waals surface area contributed by atoms with E-state index in [4.69, 9.17) is 9.72 Å². The van der Waals surface area contributed by atoms with E-state index in [1.54, 1.807) is 24.1 Å². The van der Waals surface area contributed by atoms with Crippen LogP contribution in [0.25, 0.3) is 0 Å². The summed E-state index contributed by atoms with van der Waals surface area (Å²) in [5, 5.41) is 2.82. The molecule has 0 bridgehead atoms. The molecule has 0 radical (unpaired) electrons. The van der Waals surface area contributed by atoms with Crippen LogP contribution in [0.5, 0.6) is 0 Å². The zero-order chi connectivity index (χ0) is 26.2. The van der Waals surface area contributed by atoms with Gasteiger partial charge in [-0.1, -0.05) is 12.1 Å². The van der Waals surface area contributed by atoms with Crippen molar-refractivity contribution in [1.82, 2.24) is 15.2 Å². The van der Waals surface area contributed by atoms with Crippen molar-refractivity contribution in [2.45, 2.75) is 31.6 Å². The molecule has 2 aromatic rings. The van der Waals surface area contributed by atoms with Gasteiger partial charge >= 0.3 is 0 Å². The van der Waals surface area contributed by atoms with Crippen LogP contribution >= 0.6 is 0 Å². The van der Waals surface area contributed by atoms with Crippen molar-refractivity contribution in [3.8, 4) is 0 Å². The number of piperazine rings is 1. The van der Waals surface area contributed by atoms with Gasteiger partial charge in [0.15, 0.2) is 9.84 Å². The molecule has 3 heterocycles. The Morgan fingerprint density at radius 1 is 1.11 bits per heavy atom. The van der Waals surface area contributed by atoms with Crippen molar-refractivity contribution in [3.05, 3.63) is 52.2 Å². The number of sulfone groups is 1. The van der Waals surface area contributed by atoms with Crippen LogP contribution in [0.2, 0.25) is 0 Å². The number of ether oxygens (including phenoxy) is 1. The Hall–Kier alpha value is -2.98. The lowest BCUT2D eigenvalue weighted by atomic mass is 9.88. The van der Waals surface area contributed by atoms with Crippen LogP contribution in [-0.4, -0.2) is 82.8 Å². The van der Waals surface area contributed by atoms with Crippen LogP contribution in [0.1, 0.15) is 38.7 Å². The Kier molecular flexibility index (Phi) is 7.38. The van der Waals surface area contributed by atoms with E-state index in [2.05, 4.69) is 16.3 Å². The number of hydrogen-bond donors (Lipinski definition) is 1. The van der Waals surface area contributed by atoms with Crippen molar-refractivity contribution in [1.29, 1.82) is 0 Å². The number of benzene rings is 1. The van der Waals surface area contributed by atoms with Gasteiger partial charge in [-0.15, -0.1) is 0 Å². The number of hydrogen-bond acceptors (Lipinski definition) is 7. The molecule has 0 aliphatic carbocycles. The first-order valence-corrected chi connectivity index (χ1v) is 14.0. The Morgan fingerprint density at radius 3 is 2.44 bits per heavy atom. The van der Waals surface area contributed by atoms with Crippen LogP contribution in [-0.2, 0) is 19.4 Å². The quantitative estimate of drug-likeness (QED) is 0.627. The Labute approximate surface area is 212 Å². The molecule has 4 rings (SSSR count). The van der Waals surface area contributed by atoms with E-state index in [1.165, 1.54) is 6.07 Å². The lowest BCUT2D eigenvalue weighted by molar-refractivity contribution is -0.120. The highest BCUT2D eigenvalue weighted by molar-refractivity contribution is 7.90. The summed E-state index contributed by atoms with van der Waals surface area (Å²) in [5.74, 6) is -0.191. The number of carbonyl (C=O) groups excluding carboxylic acids is 2. The predicted octanol–water partition coefficient (Wildman–Crippen LogP) is 1.85. The SMILES string of the molecule is COCC1CNC(=O)[C@H]1c1ccc(C(=O)N2CCN(c3nc(C)c(C)cc3C)CC2)c(S(C)(=O)=O)c1. The molecule has 2 aliphatic heterocycles. The minimum absolute atomic E-state index is 0.0463. The Bertz CT molecular complexity index is 1290. The normalized spacial score (nSPS) is 20.5. The lowest BCUT2D eigenvalue weighted by Crippen LogP contribution is -2.49. The van der Waals surface area contributed by atoms with Crippen LogP contribution in [0, 0.1) is 26.7 Å². The first kappa shape index (κ1) is 26.1. The lowest BCUT2D eigenvalue weighted by Gasteiger charge is -2.36. The summed E-state index contributed by atoms with van der Waals surface area (Å²) in [5.41, 5.74) is 3.93. The molecule has 2 aliphatic rings. The van der Waals surface area contributed by atoms with Crippen molar-refractivity contribution >= 4 is 27.5 Å². The van der Waals surface area contributed by atoms with Gasteiger partial charge in [-0.2, -0.15) is 0 Å². The molecule has 0 spiro atoms. The third kappa shape index (κ3) is 5.10. The second-order valence-corrected chi connectivity index (χ2v) is 11.8. The molecule has 1 aromatic heterocycles. The number of aryl methyl sites for hydroxylation is 3. The molecule has 10 heteroatoms. The molecule has 194 valence electrons. The minimum atomic E-state index is -3.72. The van der Waals surface area contributed by atoms with Crippen molar-refractivity contribution < 1.29 is 22.7 Å². The van der Waals surface area contributed by atoms with Crippen LogP contribution < -0.4 is 10.2 Å². The highest BCUT2D eigenvalue weighted by Crippen LogP contribution is 2.32.